The van der Waals surface area contributed by atoms with Crippen molar-refractivity contribution in [2.45, 2.75) is 30.8 Å². The van der Waals surface area contributed by atoms with Gasteiger partial charge in [0, 0.05) is 22.6 Å². The van der Waals surface area contributed by atoms with E-state index in [0.29, 0.717) is 42.2 Å². The molecule has 5 nitrogen and oxygen atoms in total. The summed E-state index contributed by atoms with van der Waals surface area (Å²) in [6.07, 6.45) is 2.51. The molecule has 0 saturated carbocycles. The van der Waals surface area contributed by atoms with Crippen molar-refractivity contribution in [3.05, 3.63) is 129 Å². The summed E-state index contributed by atoms with van der Waals surface area (Å²) < 4.78 is 1.81. The third-order valence-electron chi connectivity index (χ3n) is 6.56. The van der Waals surface area contributed by atoms with Crippen LogP contribution >= 0.6 is 11.8 Å². The third-order valence-corrected chi connectivity index (χ3v) is 7.30. The molecular formula is C29H27N3O2S. The molecule has 0 atom stereocenters. The molecule has 6 heteroatoms. The molecule has 0 aliphatic carbocycles. The maximum absolute atomic E-state index is 13.9. The lowest BCUT2D eigenvalue weighted by Gasteiger charge is -2.30. The van der Waals surface area contributed by atoms with E-state index in [4.69, 9.17) is 4.98 Å². The van der Waals surface area contributed by atoms with Crippen molar-refractivity contribution in [2.24, 2.45) is 0 Å². The van der Waals surface area contributed by atoms with Crippen molar-refractivity contribution in [1.29, 1.82) is 0 Å². The van der Waals surface area contributed by atoms with Gasteiger partial charge in [-0.2, -0.15) is 0 Å². The zero-order chi connectivity index (χ0) is 24.4. The summed E-state index contributed by atoms with van der Waals surface area (Å²) in [5.41, 5.74) is 4.10. The number of fused-ring (bicyclic) bond motifs is 1. The number of benzene rings is 3. The van der Waals surface area contributed by atoms with Gasteiger partial charge in [-0.25, -0.2) is 4.98 Å². The fourth-order valence-corrected chi connectivity index (χ4v) is 5.18. The molecule has 176 valence electrons. The minimum absolute atomic E-state index is 0.0263. The molecule has 0 saturated heterocycles. The van der Waals surface area contributed by atoms with E-state index >= 15 is 0 Å². The van der Waals surface area contributed by atoms with Crippen LogP contribution in [0.25, 0.3) is 0 Å². The van der Waals surface area contributed by atoms with E-state index < -0.39 is 0 Å². The second kappa shape index (κ2) is 9.92. The second-order valence-corrected chi connectivity index (χ2v) is 9.57. The highest BCUT2D eigenvalue weighted by molar-refractivity contribution is 7.98. The highest BCUT2D eigenvalue weighted by Gasteiger charge is 2.28. The number of rotatable bonds is 5. The zero-order valence-electron chi connectivity index (χ0n) is 19.8. The van der Waals surface area contributed by atoms with Crippen molar-refractivity contribution in [2.75, 3.05) is 12.8 Å². The van der Waals surface area contributed by atoms with Crippen LogP contribution in [0, 0.1) is 6.92 Å². The van der Waals surface area contributed by atoms with Gasteiger partial charge in [-0.1, -0.05) is 60.7 Å². The molecule has 3 aromatic carbocycles. The lowest BCUT2D eigenvalue weighted by Crippen LogP contribution is -2.42. The van der Waals surface area contributed by atoms with Gasteiger partial charge in [-0.3, -0.25) is 14.2 Å². The predicted molar refractivity (Wildman–Crippen MR) is 140 cm³/mol. The van der Waals surface area contributed by atoms with Gasteiger partial charge >= 0.3 is 0 Å². The molecule has 35 heavy (non-hydrogen) atoms. The molecule has 4 aromatic rings. The van der Waals surface area contributed by atoms with Gasteiger partial charge in [0.25, 0.3) is 11.5 Å². The number of nitrogens with zero attached hydrogens (tertiary/aromatic N) is 3. The van der Waals surface area contributed by atoms with Crippen LogP contribution in [0.1, 0.15) is 44.6 Å². The first-order valence-electron chi connectivity index (χ1n) is 11.7. The van der Waals surface area contributed by atoms with Gasteiger partial charge in [0.15, 0.2) is 0 Å². The van der Waals surface area contributed by atoms with Crippen LogP contribution in [0.3, 0.4) is 0 Å². The molecule has 0 fully saturated rings. The fraction of sp³-hybridized carbons (Fsp3) is 0.207. The Morgan fingerprint density at radius 2 is 1.51 bits per heavy atom. The minimum Gasteiger partial charge on any atom is -0.332 e. The van der Waals surface area contributed by atoms with Crippen molar-refractivity contribution in [3.63, 3.8) is 0 Å². The highest BCUT2D eigenvalue weighted by Crippen LogP contribution is 2.28. The maximum Gasteiger partial charge on any atom is 0.257 e. The summed E-state index contributed by atoms with van der Waals surface area (Å²) in [6.45, 7) is 2.72. The molecule has 0 unspecified atom stereocenters. The monoisotopic (exact) mass is 481 g/mol. The Labute approximate surface area is 209 Å². The fourth-order valence-electron chi connectivity index (χ4n) is 4.78. The first kappa shape index (κ1) is 23.1. The quantitative estimate of drug-likeness (QED) is 0.372. The summed E-state index contributed by atoms with van der Waals surface area (Å²) >= 11 is 1.65. The molecule has 2 heterocycles. The number of carbonyl (C=O) groups excluding carboxylic acids is 1. The van der Waals surface area contributed by atoms with Gasteiger partial charge < -0.3 is 4.90 Å². The van der Waals surface area contributed by atoms with E-state index in [1.165, 1.54) is 0 Å². The Bertz CT molecular complexity index is 1360. The Balaban J connectivity index is 1.51. The largest absolute Gasteiger partial charge is 0.332 e. The topological polar surface area (TPSA) is 55.2 Å². The van der Waals surface area contributed by atoms with Crippen LogP contribution in [0.5, 0.6) is 0 Å². The lowest BCUT2D eigenvalue weighted by atomic mass is 9.97. The van der Waals surface area contributed by atoms with E-state index in [1.807, 2.05) is 103 Å². The molecule has 1 amide bonds. The number of aromatic nitrogens is 2. The van der Waals surface area contributed by atoms with Gasteiger partial charge in [0.2, 0.25) is 0 Å². The summed E-state index contributed by atoms with van der Waals surface area (Å²) in [5.74, 6) is 0.614. The van der Waals surface area contributed by atoms with E-state index in [9.17, 15) is 9.59 Å². The molecule has 0 radical (unpaired) electrons. The predicted octanol–water partition coefficient (Wildman–Crippen LogP) is 5.11. The molecular weight excluding hydrogens is 454 g/mol. The van der Waals surface area contributed by atoms with E-state index in [0.717, 1.165) is 16.0 Å². The summed E-state index contributed by atoms with van der Waals surface area (Å²) in [6, 6.07) is 27.5. The van der Waals surface area contributed by atoms with Crippen LogP contribution in [0.15, 0.2) is 94.6 Å². The Kier molecular flexibility index (Phi) is 6.55. The average molecular weight is 482 g/mol. The van der Waals surface area contributed by atoms with E-state index in [-0.39, 0.29) is 17.5 Å². The Morgan fingerprint density at radius 3 is 2.09 bits per heavy atom. The molecule has 1 aliphatic heterocycles. The molecule has 1 aromatic heterocycles. The number of aryl methyl sites for hydroxylation is 1. The average Bonchev–Trinajstić information content (AvgIpc) is 2.91. The number of carbonyl (C=O) groups is 1. The van der Waals surface area contributed by atoms with Gasteiger partial charge in [0.05, 0.1) is 18.3 Å². The van der Waals surface area contributed by atoms with Crippen molar-refractivity contribution >= 4 is 17.7 Å². The van der Waals surface area contributed by atoms with Crippen LogP contribution in [-0.4, -0.2) is 33.2 Å². The van der Waals surface area contributed by atoms with Crippen LogP contribution < -0.4 is 5.56 Å². The van der Waals surface area contributed by atoms with Gasteiger partial charge in [0.1, 0.15) is 5.82 Å². The highest BCUT2D eigenvalue weighted by atomic mass is 32.2. The summed E-state index contributed by atoms with van der Waals surface area (Å²) in [5, 5.41) is 0. The standard InChI is InChI=1S/C29H27N3O2S/c1-20-30-26-19-31(28(33)23-13-15-24(35-2)16-14-23)18-17-25(26)29(34)32(20)27(21-9-5-3-6-10-21)22-11-7-4-8-12-22/h3-16,27H,17-19H2,1-2H3. The summed E-state index contributed by atoms with van der Waals surface area (Å²) in [7, 11) is 0. The van der Waals surface area contributed by atoms with Crippen LogP contribution in [0.2, 0.25) is 0 Å². The molecule has 0 spiro atoms. The van der Waals surface area contributed by atoms with Crippen LogP contribution in [-0.2, 0) is 13.0 Å². The van der Waals surface area contributed by atoms with Gasteiger partial charge in [-0.05, 0) is 55.0 Å². The second-order valence-electron chi connectivity index (χ2n) is 8.69. The zero-order valence-corrected chi connectivity index (χ0v) is 20.7. The van der Waals surface area contributed by atoms with Crippen molar-refractivity contribution < 1.29 is 4.79 Å². The molecule has 1 aliphatic rings. The van der Waals surface area contributed by atoms with Crippen LogP contribution in [0.4, 0.5) is 0 Å². The smallest absolute Gasteiger partial charge is 0.257 e. The third kappa shape index (κ3) is 4.54. The van der Waals surface area contributed by atoms with Crippen molar-refractivity contribution in [3.8, 4) is 0 Å². The molecule has 0 bridgehead atoms. The molecule has 0 N–H and O–H groups in total. The first-order valence-corrected chi connectivity index (χ1v) is 12.9. The summed E-state index contributed by atoms with van der Waals surface area (Å²) in [4.78, 5) is 34.8. The Hall–Kier alpha value is -3.64. The van der Waals surface area contributed by atoms with E-state index in [2.05, 4.69) is 0 Å². The van der Waals surface area contributed by atoms with E-state index in [1.54, 1.807) is 16.7 Å². The maximum atomic E-state index is 13.9. The number of thioether (sulfide) groups is 1. The Morgan fingerprint density at radius 1 is 0.914 bits per heavy atom. The first-order chi connectivity index (χ1) is 17.1. The lowest BCUT2D eigenvalue weighted by molar-refractivity contribution is 0.0730. The minimum atomic E-state index is -0.266. The normalized spacial score (nSPS) is 13.1. The number of hydrogen-bond acceptors (Lipinski definition) is 4. The van der Waals surface area contributed by atoms with Gasteiger partial charge in [-0.15, -0.1) is 11.8 Å². The number of amides is 1. The van der Waals surface area contributed by atoms with Crippen molar-refractivity contribution in [1.82, 2.24) is 14.5 Å². The molecule has 5 rings (SSSR count). The number of hydrogen-bond donors (Lipinski definition) is 0. The SMILES string of the molecule is CSc1ccc(C(=O)N2CCc3c(nc(C)n(C(c4ccccc4)c4ccccc4)c3=O)C2)cc1.